The summed E-state index contributed by atoms with van der Waals surface area (Å²) in [6.45, 7) is 2.28. The van der Waals surface area contributed by atoms with E-state index in [0.717, 1.165) is 17.0 Å². The number of hydrogen-bond donors (Lipinski definition) is 0. The molecule has 1 saturated carbocycles. The number of halogens is 2. The molecule has 2 atom stereocenters. The van der Waals surface area contributed by atoms with E-state index >= 15 is 0 Å². The lowest BCUT2D eigenvalue weighted by Gasteiger charge is -2.12. The van der Waals surface area contributed by atoms with Crippen molar-refractivity contribution in [3.8, 4) is 22.3 Å². The summed E-state index contributed by atoms with van der Waals surface area (Å²) in [5.41, 5.74) is 5.34. The molecule has 0 amide bonds. The van der Waals surface area contributed by atoms with Gasteiger partial charge in [-0.15, -0.1) is 0 Å². The smallest absolute Gasteiger partial charge is 0.159 e. The molecule has 0 N–H and O–H groups in total. The van der Waals surface area contributed by atoms with E-state index in [1.807, 2.05) is 24.3 Å². The Kier molecular flexibility index (Phi) is 5.57. The molecule has 1 aliphatic rings. The highest BCUT2D eigenvalue weighted by Crippen LogP contribution is 2.40. The summed E-state index contributed by atoms with van der Waals surface area (Å²) in [5.74, 6) is -0.0196. The Morgan fingerprint density at radius 2 is 1.29 bits per heavy atom. The molecule has 1 aliphatic carbocycles. The first-order valence-electron chi connectivity index (χ1n) is 10.3. The van der Waals surface area contributed by atoms with Crippen molar-refractivity contribution in [3.05, 3.63) is 83.9 Å². The zero-order chi connectivity index (χ0) is 19.5. The Morgan fingerprint density at radius 3 is 1.89 bits per heavy atom. The van der Waals surface area contributed by atoms with Gasteiger partial charge in [0.15, 0.2) is 11.6 Å². The molecule has 144 valence electrons. The molecule has 0 radical (unpaired) electrons. The van der Waals surface area contributed by atoms with Crippen LogP contribution in [-0.4, -0.2) is 0 Å². The van der Waals surface area contributed by atoms with Gasteiger partial charge in [0.05, 0.1) is 0 Å². The predicted molar refractivity (Wildman–Crippen MR) is 112 cm³/mol. The molecule has 0 spiro atoms. The molecular weight excluding hydrogens is 350 g/mol. The monoisotopic (exact) mass is 376 g/mol. The van der Waals surface area contributed by atoms with Crippen molar-refractivity contribution in [1.29, 1.82) is 0 Å². The summed E-state index contributed by atoms with van der Waals surface area (Å²) in [6, 6.07) is 21.0. The summed E-state index contributed by atoms with van der Waals surface area (Å²) in [5, 5.41) is 0. The molecule has 3 aromatic rings. The number of hydrogen-bond acceptors (Lipinski definition) is 0. The molecule has 0 aliphatic heterocycles. The van der Waals surface area contributed by atoms with Crippen LogP contribution in [0.15, 0.2) is 66.7 Å². The van der Waals surface area contributed by atoms with Crippen LogP contribution in [0.3, 0.4) is 0 Å². The topological polar surface area (TPSA) is 0 Å². The largest absolute Gasteiger partial charge is 0.204 e. The van der Waals surface area contributed by atoms with E-state index in [9.17, 15) is 8.78 Å². The van der Waals surface area contributed by atoms with Crippen molar-refractivity contribution in [1.82, 2.24) is 0 Å². The van der Waals surface area contributed by atoms with Crippen molar-refractivity contribution in [2.75, 3.05) is 0 Å². The van der Waals surface area contributed by atoms with Crippen molar-refractivity contribution < 1.29 is 8.78 Å². The van der Waals surface area contributed by atoms with Crippen LogP contribution >= 0.6 is 0 Å². The minimum absolute atomic E-state index is 0.684. The van der Waals surface area contributed by atoms with Crippen LogP contribution in [0.4, 0.5) is 8.78 Å². The highest BCUT2D eigenvalue weighted by Gasteiger charge is 2.25. The van der Waals surface area contributed by atoms with Crippen molar-refractivity contribution in [2.45, 2.75) is 44.9 Å². The second kappa shape index (κ2) is 8.26. The highest BCUT2D eigenvalue weighted by atomic mass is 19.2. The predicted octanol–water partition coefficient (Wildman–Crippen LogP) is 7.98. The van der Waals surface area contributed by atoms with Gasteiger partial charge in [-0.2, -0.15) is 0 Å². The van der Waals surface area contributed by atoms with E-state index in [-0.39, 0.29) is 0 Å². The van der Waals surface area contributed by atoms with Crippen molar-refractivity contribution in [3.63, 3.8) is 0 Å². The molecule has 0 heterocycles. The molecule has 0 bridgehead atoms. The summed E-state index contributed by atoms with van der Waals surface area (Å²) < 4.78 is 26.6. The molecule has 28 heavy (non-hydrogen) atoms. The fourth-order valence-corrected chi connectivity index (χ4v) is 4.53. The standard InChI is InChI=1S/C26H26F2/c1-2-3-18-4-5-23(16-18)21-10-6-19(7-11-21)20-8-12-22(13-9-20)24-14-15-25(27)26(28)17-24/h6-15,17-18,23H,2-5,16H2,1H3. The highest BCUT2D eigenvalue weighted by molar-refractivity contribution is 5.70. The van der Waals surface area contributed by atoms with Crippen LogP contribution in [0.2, 0.25) is 0 Å². The van der Waals surface area contributed by atoms with Crippen LogP contribution in [0, 0.1) is 17.6 Å². The first-order chi connectivity index (χ1) is 13.6. The van der Waals surface area contributed by atoms with Crippen LogP contribution in [0.5, 0.6) is 0 Å². The molecule has 0 nitrogen and oxygen atoms in total. The summed E-state index contributed by atoms with van der Waals surface area (Å²) in [6.07, 6.45) is 6.66. The van der Waals surface area contributed by atoms with E-state index in [4.69, 9.17) is 0 Å². The summed E-state index contributed by atoms with van der Waals surface area (Å²) >= 11 is 0. The second-order valence-corrected chi connectivity index (χ2v) is 7.99. The van der Waals surface area contributed by atoms with Gasteiger partial charge in [0, 0.05) is 0 Å². The number of benzene rings is 3. The van der Waals surface area contributed by atoms with E-state index in [1.54, 1.807) is 6.07 Å². The lowest BCUT2D eigenvalue weighted by Crippen LogP contribution is -1.95. The lowest BCUT2D eigenvalue weighted by molar-refractivity contribution is 0.489. The van der Waals surface area contributed by atoms with E-state index in [2.05, 4.69) is 31.2 Å². The van der Waals surface area contributed by atoms with Gasteiger partial charge in [0.25, 0.3) is 0 Å². The zero-order valence-corrected chi connectivity index (χ0v) is 16.3. The molecule has 0 aromatic heterocycles. The van der Waals surface area contributed by atoms with E-state index in [0.29, 0.717) is 11.5 Å². The van der Waals surface area contributed by atoms with Crippen LogP contribution in [0.1, 0.15) is 50.5 Å². The van der Waals surface area contributed by atoms with Gasteiger partial charge < -0.3 is 0 Å². The maximum absolute atomic E-state index is 13.5. The lowest BCUT2D eigenvalue weighted by atomic mass is 9.93. The fourth-order valence-electron chi connectivity index (χ4n) is 4.53. The van der Waals surface area contributed by atoms with Crippen molar-refractivity contribution in [2.24, 2.45) is 5.92 Å². The van der Waals surface area contributed by atoms with Gasteiger partial charge in [-0.3, -0.25) is 0 Å². The molecule has 2 heteroatoms. The van der Waals surface area contributed by atoms with Gasteiger partial charge in [-0.05, 0) is 71.0 Å². The van der Waals surface area contributed by atoms with E-state index in [1.165, 1.54) is 55.4 Å². The maximum Gasteiger partial charge on any atom is 0.159 e. The third kappa shape index (κ3) is 4.01. The average Bonchev–Trinajstić information content (AvgIpc) is 3.19. The van der Waals surface area contributed by atoms with Gasteiger partial charge in [-0.1, -0.05) is 74.4 Å². The van der Waals surface area contributed by atoms with Crippen LogP contribution in [-0.2, 0) is 0 Å². The van der Waals surface area contributed by atoms with Crippen LogP contribution < -0.4 is 0 Å². The average molecular weight is 376 g/mol. The molecular formula is C26H26F2. The molecule has 4 rings (SSSR count). The quantitative estimate of drug-likeness (QED) is 0.423. The summed E-state index contributed by atoms with van der Waals surface area (Å²) in [7, 11) is 0. The number of rotatable bonds is 5. The first-order valence-corrected chi connectivity index (χ1v) is 10.3. The molecule has 3 aromatic carbocycles. The Morgan fingerprint density at radius 1 is 0.714 bits per heavy atom. The minimum Gasteiger partial charge on any atom is -0.204 e. The van der Waals surface area contributed by atoms with Crippen molar-refractivity contribution >= 4 is 0 Å². The molecule has 0 saturated heterocycles. The Bertz CT molecular complexity index is 926. The maximum atomic E-state index is 13.5. The van der Waals surface area contributed by atoms with Crippen LogP contribution in [0.25, 0.3) is 22.3 Å². The fraction of sp³-hybridized carbons (Fsp3) is 0.308. The minimum atomic E-state index is -0.816. The molecule has 1 fully saturated rings. The first kappa shape index (κ1) is 18.9. The Labute approximate surface area is 166 Å². The molecule has 2 unspecified atom stereocenters. The van der Waals surface area contributed by atoms with Gasteiger partial charge in [0.2, 0.25) is 0 Å². The Hall–Kier alpha value is -2.48. The normalized spacial score (nSPS) is 19.1. The van der Waals surface area contributed by atoms with Gasteiger partial charge in [0.1, 0.15) is 0 Å². The van der Waals surface area contributed by atoms with Gasteiger partial charge in [-0.25, -0.2) is 8.78 Å². The zero-order valence-electron chi connectivity index (χ0n) is 16.3. The second-order valence-electron chi connectivity index (χ2n) is 7.99. The van der Waals surface area contributed by atoms with E-state index < -0.39 is 11.6 Å². The third-order valence-electron chi connectivity index (χ3n) is 6.09. The third-order valence-corrected chi connectivity index (χ3v) is 6.09. The summed E-state index contributed by atoms with van der Waals surface area (Å²) in [4.78, 5) is 0. The Balaban J connectivity index is 1.48. The van der Waals surface area contributed by atoms with Gasteiger partial charge >= 0.3 is 0 Å². The SMILES string of the molecule is CCCC1CCC(c2ccc(-c3ccc(-c4ccc(F)c(F)c4)cc3)cc2)C1.